The van der Waals surface area contributed by atoms with Crippen LogP contribution in [0.2, 0.25) is 0 Å². The third-order valence-corrected chi connectivity index (χ3v) is 4.30. The van der Waals surface area contributed by atoms with E-state index in [0.717, 1.165) is 5.69 Å². The zero-order valence-electron chi connectivity index (χ0n) is 13.1. The molecule has 1 aliphatic heterocycles. The molecule has 3 rings (SSSR count). The SMILES string of the molecule is Cc1cc(-c2ccccc2)ccc1N1C=C(C#N)N(C)[C@@H]1C. The number of benzene rings is 2. The predicted molar refractivity (Wildman–Crippen MR) is 90.0 cm³/mol. The van der Waals surface area contributed by atoms with Crippen LogP contribution in [0.15, 0.2) is 60.4 Å². The van der Waals surface area contributed by atoms with Gasteiger partial charge in [-0.3, -0.25) is 0 Å². The number of nitriles is 1. The molecule has 0 saturated heterocycles. The van der Waals surface area contributed by atoms with Crippen LogP contribution in [0.3, 0.4) is 0 Å². The third-order valence-electron chi connectivity index (χ3n) is 4.30. The maximum absolute atomic E-state index is 9.19. The maximum atomic E-state index is 9.19. The van der Waals surface area contributed by atoms with Crippen LogP contribution in [0.4, 0.5) is 5.69 Å². The Morgan fingerprint density at radius 1 is 1.05 bits per heavy atom. The van der Waals surface area contributed by atoms with Crippen LogP contribution >= 0.6 is 0 Å². The minimum Gasteiger partial charge on any atom is -0.344 e. The molecule has 0 aliphatic carbocycles. The number of anilines is 1. The van der Waals surface area contributed by atoms with Gasteiger partial charge in [-0.25, -0.2) is 0 Å². The highest BCUT2D eigenvalue weighted by Crippen LogP contribution is 2.32. The molecule has 3 nitrogen and oxygen atoms in total. The maximum Gasteiger partial charge on any atom is 0.134 e. The highest BCUT2D eigenvalue weighted by molar-refractivity contribution is 5.70. The molecule has 1 aliphatic rings. The van der Waals surface area contributed by atoms with Crippen LogP contribution in [0.5, 0.6) is 0 Å². The second-order valence-corrected chi connectivity index (χ2v) is 5.64. The quantitative estimate of drug-likeness (QED) is 0.833. The summed E-state index contributed by atoms with van der Waals surface area (Å²) in [6.07, 6.45) is 2.07. The van der Waals surface area contributed by atoms with Gasteiger partial charge >= 0.3 is 0 Å². The van der Waals surface area contributed by atoms with Crippen molar-refractivity contribution in [2.75, 3.05) is 11.9 Å². The molecule has 0 radical (unpaired) electrons. The van der Waals surface area contributed by atoms with Gasteiger partial charge < -0.3 is 9.80 Å². The zero-order chi connectivity index (χ0) is 15.7. The summed E-state index contributed by atoms with van der Waals surface area (Å²) in [4.78, 5) is 4.15. The molecule has 0 spiro atoms. The highest BCUT2D eigenvalue weighted by Gasteiger charge is 2.27. The van der Waals surface area contributed by atoms with Gasteiger partial charge in [0.05, 0.1) is 0 Å². The number of nitrogens with zero attached hydrogens (tertiary/aromatic N) is 3. The van der Waals surface area contributed by atoms with E-state index in [-0.39, 0.29) is 6.17 Å². The molecule has 1 atom stereocenters. The normalized spacial score (nSPS) is 17.4. The number of hydrogen-bond acceptors (Lipinski definition) is 3. The topological polar surface area (TPSA) is 30.3 Å². The minimum atomic E-state index is 0.149. The summed E-state index contributed by atoms with van der Waals surface area (Å²) in [5.41, 5.74) is 5.48. The third kappa shape index (κ3) is 2.33. The van der Waals surface area contributed by atoms with E-state index in [4.69, 9.17) is 0 Å². The van der Waals surface area contributed by atoms with Crippen molar-refractivity contribution >= 4 is 5.69 Å². The Kier molecular flexibility index (Phi) is 3.60. The molecule has 0 bridgehead atoms. The summed E-state index contributed by atoms with van der Waals surface area (Å²) in [6, 6.07) is 19.1. The predicted octanol–water partition coefficient (Wildman–Crippen LogP) is 4.12. The molecule has 3 heteroatoms. The Bertz CT molecular complexity index is 756. The highest BCUT2D eigenvalue weighted by atomic mass is 15.4. The lowest BCUT2D eigenvalue weighted by atomic mass is 10.0. The fourth-order valence-corrected chi connectivity index (χ4v) is 2.85. The van der Waals surface area contributed by atoms with Gasteiger partial charge in [-0.1, -0.05) is 36.4 Å². The Balaban J connectivity index is 1.98. The minimum absolute atomic E-state index is 0.149. The fraction of sp³-hybridized carbons (Fsp3) is 0.211. The van der Waals surface area contributed by atoms with E-state index in [9.17, 15) is 5.26 Å². The van der Waals surface area contributed by atoms with Crippen LogP contribution in [0.1, 0.15) is 12.5 Å². The van der Waals surface area contributed by atoms with Crippen molar-refractivity contribution in [3.05, 3.63) is 66.0 Å². The lowest BCUT2D eigenvalue weighted by Crippen LogP contribution is -2.34. The van der Waals surface area contributed by atoms with Crippen LogP contribution < -0.4 is 4.90 Å². The van der Waals surface area contributed by atoms with Gasteiger partial charge in [0.2, 0.25) is 0 Å². The first-order valence-electron chi connectivity index (χ1n) is 7.41. The molecule has 22 heavy (non-hydrogen) atoms. The molecular formula is C19H19N3. The summed E-state index contributed by atoms with van der Waals surface area (Å²) in [5, 5.41) is 9.19. The van der Waals surface area contributed by atoms with Gasteiger partial charge in [-0.2, -0.15) is 5.26 Å². The monoisotopic (exact) mass is 289 g/mol. The summed E-state index contributed by atoms with van der Waals surface area (Å²) >= 11 is 0. The van der Waals surface area contributed by atoms with Crippen molar-refractivity contribution < 1.29 is 0 Å². The molecule has 0 saturated carbocycles. The van der Waals surface area contributed by atoms with Gasteiger partial charge in [0.15, 0.2) is 0 Å². The molecule has 2 aromatic rings. The average molecular weight is 289 g/mol. The number of allylic oxidation sites excluding steroid dienone is 1. The number of rotatable bonds is 2. The Morgan fingerprint density at radius 2 is 1.77 bits per heavy atom. The standard InChI is InChI=1S/C19H19N3/c1-14-11-17(16-7-5-4-6-8-16)9-10-19(14)22-13-18(12-20)21(3)15(22)2/h4-11,13,15H,1-3H3/t15-/m0/s1. The summed E-state index contributed by atoms with van der Waals surface area (Å²) < 4.78 is 0. The molecule has 0 fully saturated rings. The van der Waals surface area contributed by atoms with E-state index in [2.05, 4.69) is 67.3 Å². The van der Waals surface area contributed by atoms with Crippen molar-refractivity contribution in [3.8, 4) is 17.2 Å². The second-order valence-electron chi connectivity index (χ2n) is 5.64. The molecule has 0 amide bonds. The Hall–Kier alpha value is -2.73. The van der Waals surface area contributed by atoms with E-state index >= 15 is 0 Å². The smallest absolute Gasteiger partial charge is 0.134 e. The zero-order valence-corrected chi connectivity index (χ0v) is 13.1. The van der Waals surface area contributed by atoms with Crippen LogP contribution in [-0.2, 0) is 0 Å². The molecule has 1 heterocycles. The first-order chi connectivity index (χ1) is 10.6. The van der Waals surface area contributed by atoms with Gasteiger partial charge in [0, 0.05) is 18.9 Å². The second kappa shape index (κ2) is 5.57. The summed E-state index contributed by atoms with van der Waals surface area (Å²) in [7, 11) is 1.95. The van der Waals surface area contributed by atoms with E-state index in [1.54, 1.807) is 0 Å². The molecule has 0 N–H and O–H groups in total. The largest absolute Gasteiger partial charge is 0.344 e. The van der Waals surface area contributed by atoms with Crippen molar-refractivity contribution in [2.45, 2.75) is 20.0 Å². The Labute approximate surface area is 131 Å². The van der Waals surface area contributed by atoms with Crippen LogP contribution in [0, 0.1) is 18.3 Å². The summed E-state index contributed by atoms with van der Waals surface area (Å²) in [5.74, 6) is 0. The van der Waals surface area contributed by atoms with Gasteiger partial charge in [0.1, 0.15) is 17.9 Å². The summed E-state index contributed by atoms with van der Waals surface area (Å²) in [6.45, 7) is 4.22. The lowest BCUT2D eigenvalue weighted by Gasteiger charge is -2.28. The van der Waals surface area contributed by atoms with Gasteiger partial charge in [-0.15, -0.1) is 0 Å². The van der Waals surface area contributed by atoms with Crippen molar-refractivity contribution in [1.29, 1.82) is 5.26 Å². The molecule has 0 unspecified atom stereocenters. The number of aryl methyl sites for hydroxylation is 1. The fourth-order valence-electron chi connectivity index (χ4n) is 2.85. The van der Waals surface area contributed by atoms with Crippen molar-refractivity contribution in [3.63, 3.8) is 0 Å². The lowest BCUT2D eigenvalue weighted by molar-refractivity contribution is 0.367. The Morgan fingerprint density at radius 3 is 2.36 bits per heavy atom. The van der Waals surface area contributed by atoms with E-state index < -0.39 is 0 Å². The average Bonchev–Trinajstić information content (AvgIpc) is 2.83. The molecule has 2 aromatic carbocycles. The van der Waals surface area contributed by atoms with Crippen LogP contribution in [-0.4, -0.2) is 18.1 Å². The van der Waals surface area contributed by atoms with E-state index in [0.29, 0.717) is 5.70 Å². The van der Waals surface area contributed by atoms with Crippen molar-refractivity contribution in [2.24, 2.45) is 0 Å². The molecule has 110 valence electrons. The molecule has 0 aromatic heterocycles. The van der Waals surface area contributed by atoms with E-state index in [1.807, 2.05) is 24.2 Å². The van der Waals surface area contributed by atoms with Gasteiger partial charge in [0.25, 0.3) is 0 Å². The van der Waals surface area contributed by atoms with Gasteiger partial charge in [-0.05, 0) is 42.7 Å². The molecular weight excluding hydrogens is 270 g/mol. The van der Waals surface area contributed by atoms with Crippen molar-refractivity contribution in [1.82, 2.24) is 4.90 Å². The van der Waals surface area contributed by atoms with E-state index in [1.165, 1.54) is 16.7 Å². The van der Waals surface area contributed by atoms with Crippen LogP contribution in [0.25, 0.3) is 11.1 Å². The number of hydrogen-bond donors (Lipinski definition) is 0. The first kappa shape index (κ1) is 14.2. The first-order valence-corrected chi connectivity index (χ1v) is 7.41.